The van der Waals surface area contributed by atoms with Gasteiger partial charge in [0.15, 0.2) is 5.78 Å². The average molecular weight is 444 g/mol. The molecule has 1 atom stereocenters. The number of rotatable bonds is 8. The van der Waals surface area contributed by atoms with Gasteiger partial charge in [-0.05, 0) is 36.4 Å². The number of amides is 1. The van der Waals surface area contributed by atoms with Crippen LogP contribution >= 0.6 is 0 Å². The molecule has 1 aliphatic heterocycles. The van der Waals surface area contributed by atoms with E-state index in [1.807, 2.05) is 36.4 Å². The van der Waals surface area contributed by atoms with Gasteiger partial charge < -0.3 is 21.7 Å². The van der Waals surface area contributed by atoms with E-state index in [4.69, 9.17) is 11.5 Å². The second kappa shape index (κ2) is 10.2. The van der Waals surface area contributed by atoms with Crippen molar-refractivity contribution in [2.24, 2.45) is 5.73 Å². The predicted octanol–water partition coefficient (Wildman–Crippen LogP) is 2.85. The molecule has 0 aliphatic carbocycles. The molecule has 1 fully saturated rings. The molecule has 0 radical (unpaired) electrons. The van der Waals surface area contributed by atoms with Crippen molar-refractivity contribution in [3.05, 3.63) is 90.0 Å². The van der Waals surface area contributed by atoms with Gasteiger partial charge in [0.25, 0.3) is 5.91 Å². The Labute approximate surface area is 194 Å². The van der Waals surface area contributed by atoms with Gasteiger partial charge in [-0.3, -0.25) is 14.5 Å². The first kappa shape index (κ1) is 22.4. The van der Waals surface area contributed by atoms with E-state index in [0.717, 1.165) is 26.2 Å². The fourth-order valence-electron chi connectivity index (χ4n) is 4.28. The number of primary amides is 1. The van der Waals surface area contributed by atoms with Gasteiger partial charge in [0.05, 0.1) is 11.6 Å². The number of carbonyl (C=O) groups is 2. The molecule has 0 bridgehead atoms. The highest BCUT2D eigenvalue weighted by atomic mass is 16.1. The van der Waals surface area contributed by atoms with Crippen molar-refractivity contribution in [1.82, 2.24) is 4.90 Å². The first-order chi connectivity index (χ1) is 16.0. The summed E-state index contributed by atoms with van der Waals surface area (Å²) in [6.07, 6.45) is 0. The molecule has 0 aromatic heterocycles. The van der Waals surface area contributed by atoms with E-state index in [0.29, 0.717) is 29.0 Å². The lowest BCUT2D eigenvalue weighted by Crippen LogP contribution is -2.55. The number of piperazine rings is 1. The Kier molecular flexibility index (Phi) is 6.90. The zero-order chi connectivity index (χ0) is 23.2. The molecule has 5 N–H and O–H groups in total. The molecule has 0 spiro atoms. The Morgan fingerprint density at radius 2 is 1.42 bits per heavy atom. The second-order valence-electron chi connectivity index (χ2n) is 8.12. The molecular weight excluding hydrogens is 414 g/mol. The quantitative estimate of drug-likeness (QED) is 0.365. The summed E-state index contributed by atoms with van der Waals surface area (Å²) in [4.78, 5) is 29.9. The third-order valence-electron chi connectivity index (χ3n) is 6.08. The lowest BCUT2D eigenvalue weighted by Gasteiger charge is -2.40. The molecule has 3 aromatic carbocycles. The van der Waals surface area contributed by atoms with Crippen molar-refractivity contribution in [1.29, 1.82) is 0 Å². The van der Waals surface area contributed by atoms with Crippen LogP contribution in [-0.4, -0.2) is 55.4 Å². The zero-order valence-electron chi connectivity index (χ0n) is 18.5. The summed E-state index contributed by atoms with van der Waals surface area (Å²) in [5, 5.41) is 3.29. The predicted molar refractivity (Wildman–Crippen MR) is 133 cm³/mol. The number of anilines is 3. The monoisotopic (exact) mass is 443 g/mol. The first-order valence-corrected chi connectivity index (χ1v) is 11.1. The topological polar surface area (TPSA) is 105 Å². The SMILES string of the molecule is NC(=O)c1ccccc1NCC(C(=O)c1ccccc1N)N1CCN(c2ccccc2)CC1. The van der Waals surface area contributed by atoms with Crippen LogP contribution < -0.4 is 21.7 Å². The van der Waals surface area contributed by atoms with Gasteiger partial charge in [0.2, 0.25) is 0 Å². The third-order valence-corrected chi connectivity index (χ3v) is 6.08. The van der Waals surface area contributed by atoms with Crippen molar-refractivity contribution in [3.63, 3.8) is 0 Å². The van der Waals surface area contributed by atoms with Crippen LogP contribution in [-0.2, 0) is 0 Å². The largest absolute Gasteiger partial charge is 0.398 e. The number of hydrogen-bond acceptors (Lipinski definition) is 6. The van der Waals surface area contributed by atoms with Crippen molar-refractivity contribution < 1.29 is 9.59 Å². The molecule has 1 heterocycles. The summed E-state index contributed by atoms with van der Waals surface area (Å²) in [6, 6.07) is 24.1. The van der Waals surface area contributed by atoms with Crippen molar-refractivity contribution in [3.8, 4) is 0 Å². The van der Waals surface area contributed by atoms with E-state index >= 15 is 0 Å². The summed E-state index contributed by atoms with van der Waals surface area (Å²) in [5.41, 5.74) is 14.8. The highest BCUT2D eigenvalue weighted by Crippen LogP contribution is 2.22. The van der Waals surface area contributed by atoms with Crippen molar-refractivity contribution >= 4 is 28.8 Å². The first-order valence-electron chi connectivity index (χ1n) is 11.1. The van der Waals surface area contributed by atoms with Crippen molar-refractivity contribution in [2.75, 3.05) is 48.7 Å². The maximum absolute atomic E-state index is 13.6. The van der Waals surface area contributed by atoms with Crippen LogP contribution in [0.4, 0.5) is 17.1 Å². The van der Waals surface area contributed by atoms with Crippen LogP contribution in [0.3, 0.4) is 0 Å². The van der Waals surface area contributed by atoms with Gasteiger partial charge in [-0.15, -0.1) is 0 Å². The lowest BCUT2D eigenvalue weighted by molar-refractivity contribution is 0.0823. The van der Waals surface area contributed by atoms with Gasteiger partial charge in [-0.2, -0.15) is 0 Å². The molecule has 33 heavy (non-hydrogen) atoms. The van der Waals surface area contributed by atoms with Gasteiger partial charge >= 0.3 is 0 Å². The number of ketones is 1. The number of nitrogens with zero attached hydrogens (tertiary/aromatic N) is 2. The molecule has 1 aliphatic rings. The standard InChI is InChI=1S/C26H29N5O2/c27-22-12-6-4-10-20(22)25(32)24(18-29-23-13-7-5-11-21(23)26(28)33)31-16-14-30(15-17-31)19-8-2-1-3-9-19/h1-13,24,29H,14-18,27H2,(H2,28,33). The molecule has 0 saturated carbocycles. The van der Waals surface area contributed by atoms with Crippen LogP contribution in [0.25, 0.3) is 0 Å². The van der Waals surface area contributed by atoms with Crippen LogP contribution in [0.1, 0.15) is 20.7 Å². The minimum absolute atomic E-state index is 0.0367. The van der Waals surface area contributed by atoms with E-state index in [1.165, 1.54) is 5.69 Å². The van der Waals surface area contributed by atoms with Gasteiger partial charge in [-0.1, -0.05) is 42.5 Å². The molecule has 170 valence electrons. The maximum atomic E-state index is 13.6. The summed E-state index contributed by atoms with van der Waals surface area (Å²) in [7, 11) is 0. The Bertz CT molecular complexity index is 1110. The van der Waals surface area contributed by atoms with Gasteiger partial charge in [0.1, 0.15) is 0 Å². The van der Waals surface area contributed by atoms with E-state index in [1.54, 1.807) is 30.3 Å². The Hall–Kier alpha value is -3.84. The van der Waals surface area contributed by atoms with Crippen LogP contribution in [0.2, 0.25) is 0 Å². The van der Waals surface area contributed by atoms with E-state index < -0.39 is 11.9 Å². The lowest BCUT2D eigenvalue weighted by atomic mass is 10.00. The summed E-state index contributed by atoms with van der Waals surface area (Å²) >= 11 is 0. The molecule has 1 unspecified atom stereocenters. The Morgan fingerprint density at radius 1 is 0.818 bits per heavy atom. The number of nitrogens with one attached hydrogen (secondary N) is 1. The molecule has 1 saturated heterocycles. The number of nitrogen functional groups attached to an aromatic ring is 1. The van der Waals surface area contributed by atoms with Crippen LogP contribution in [0, 0.1) is 0 Å². The van der Waals surface area contributed by atoms with Gasteiger partial charge in [-0.25, -0.2) is 0 Å². The summed E-state index contributed by atoms with van der Waals surface area (Å²) < 4.78 is 0. The number of carbonyl (C=O) groups excluding carboxylic acids is 2. The number of benzene rings is 3. The molecular formula is C26H29N5O2. The smallest absolute Gasteiger partial charge is 0.250 e. The third kappa shape index (κ3) is 5.15. The zero-order valence-corrected chi connectivity index (χ0v) is 18.5. The van der Waals surface area contributed by atoms with Gasteiger partial charge in [0, 0.05) is 55.3 Å². The molecule has 7 heteroatoms. The second-order valence-corrected chi connectivity index (χ2v) is 8.12. The van der Waals surface area contributed by atoms with E-state index in [-0.39, 0.29) is 5.78 Å². The number of Topliss-reactive ketones (excluding diaryl/α,β-unsaturated/α-hetero) is 1. The maximum Gasteiger partial charge on any atom is 0.250 e. The Morgan fingerprint density at radius 3 is 2.09 bits per heavy atom. The molecule has 7 nitrogen and oxygen atoms in total. The fraction of sp³-hybridized carbons (Fsp3) is 0.231. The average Bonchev–Trinajstić information content (AvgIpc) is 2.85. The molecule has 1 amide bonds. The summed E-state index contributed by atoms with van der Waals surface area (Å²) in [5.74, 6) is -0.546. The van der Waals surface area contributed by atoms with E-state index in [2.05, 4.69) is 27.2 Å². The number of para-hydroxylation sites is 3. The highest BCUT2D eigenvalue weighted by Gasteiger charge is 2.31. The highest BCUT2D eigenvalue weighted by molar-refractivity contribution is 6.04. The minimum atomic E-state index is -0.509. The normalized spacial score (nSPS) is 15.1. The van der Waals surface area contributed by atoms with Crippen molar-refractivity contribution in [2.45, 2.75) is 6.04 Å². The molecule has 4 rings (SSSR count). The van der Waals surface area contributed by atoms with Crippen LogP contribution in [0.5, 0.6) is 0 Å². The summed E-state index contributed by atoms with van der Waals surface area (Å²) in [6.45, 7) is 3.43. The Balaban J connectivity index is 1.54. The molecule has 3 aromatic rings. The van der Waals surface area contributed by atoms with Crippen LogP contribution in [0.15, 0.2) is 78.9 Å². The number of nitrogens with two attached hydrogens (primary N) is 2. The van der Waals surface area contributed by atoms with E-state index in [9.17, 15) is 9.59 Å². The fourth-order valence-corrected chi connectivity index (χ4v) is 4.28. The minimum Gasteiger partial charge on any atom is -0.398 e. The number of hydrogen-bond donors (Lipinski definition) is 3.